The number of hydrogen-bond donors (Lipinski definition) is 2. The molecule has 1 aliphatic heterocycles. The van der Waals surface area contributed by atoms with Gasteiger partial charge < -0.3 is 14.4 Å². The molecular formula is C10H8N2O6. The van der Waals surface area contributed by atoms with Crippen LogP contribution in [0, 0.1) is 0 Å². The van der Waals surface area contributed by atoms with Crippen molar-refractivity contribution in [3.8, 4) is 0 Å². The van der Waals surface area contributed by atoms with Gasteiger partial charge in [-0.2, -0.15) is 0 Å². The summed E-state index contributed by atoms with van der Waals surface area (Å²) in [5, 5.41) is 10.9. The first kappa shape index (κ1) is 11.8. The van der Waals surface area contributed by atoms with Crippen molar-refractivity contribution >= 4 is 23.7 Å². The number of nitrogens with one attached hydrogen (secondary N) is 1. The molecule has 2 heterocycles. The first-order valence-electron chi connectivity index (χ1n) is 4.92. The molecule has 8 nitrogen and oxygen atoms in total. The maximum absolute atomic E-state index is 11.9. The molecule has 0 atom stereocenters. The Kier molecular flexibility index (Phi) is 2.84. The summed E-state index contributed by atoms with van der Waals surface area (Å²) in [6, 6.07) is 1.13. The number of carbonyl (C=O) groups excluding carboxylic acids is 3. The highest BCUT2D eigenvalue weighted by Crippen LogP contribution is 2.14. The molecule has 1 fully saturated rings. The second kappa shape index (κ2) is 4.32. The highest BCUT2D eigenvalue weighted by Gasteiger charge is 2.31. The summed E-state index contributed by atoms with van der Waals surface area (Å²) in [6.45, 7) is -0.630. The van der Waals surface area contributed by atoms with Crippen LogP contribution >= 0.6 is 0 Å². The lowest BCUT2D eigenvalue weighted by Gasteiger charge is -2.24. The second-order valence-corrected chi connectivity index (χ2v) is 3.60. The van der Waals surface area contributed by atoms with Crippen molar-refractivity contribution in [3.63, 3.8) is 0 Å². The van der Waals surface area contributed by atoms with Crippen molar-refractivity contribution in [1.82, 2.24) is 10.2 Å². The van der Waals surface area contributed by atoms with Gasteiger partial charge in [0.2, 0.25) is 17.6 Å². The van der Waals surface area contributed by atoms with Crippen LogP contribution < -0.4 is 5.32 Å². The van der Waals surface area contributed by atoms with E-state index in [2.05, 4.69) is 0 Å². The van der Waals surface area contributed by atoms with E-state index in [4.69, 9.17) is 9.52 Å². The lowest BCUT2D eigenvalue weighted by atomic mass is 10.2. The van der Waals surface area contributed by atoms with Crippen LogP contribution in [-0.2, 0) is 9.59 Å². The van der Waals surface area contributed by atoms with Crippen LogP contribution in [-0.4, -0.2) is 46.8 Å². The number of imide groups is 1. The van der Waals surface area contributed by atoms with Crippen molar-refractivity contribution in [2.75, 3.05) is 13.1 Å². The average molecular weight is 252 g/mol. The van der Waals surface area contributed by atoms with Crippen LogP contribution in [0.15, 0.2) is 16.7 Å². The zero-order valence-electron chi connectivity index (χ0n) is 9.00. The number of aromatic carboxylic acids is 1. The Balaban J connectivity index is 2.25. The molecule has 0 spiro atoms. The van der Waals surface area contributed by atoms with Crippen LogP contribution in [0.1, 0.15) is 20.9 Å². The number of nitrogens with zero attached hydrogens (tertiary/aromatic N) is 1. The molecule has 0 aliphatic carbocycles. The zero-order valence-corrected chi connectivity index (χ0v) is 9.00. The molecule has 8 heteroatoms. The molecule has 1 aliphatic rings. The molecule has 1 aromatic rings. The van der Waals surface area contributed by atoms with Crippen LogP contribution in [0.4, 0.5) is 0 Å². The van der Waals surface area contributed by atoms with Crippen LogP contribution in [0.5, 0.6) is 0 Å². The van der Waals surface area contributed by atoms with Crippen LogP contribution in [0.3, 0.4) is 0 Å². The highest BCUT2D eigenvalue weighted by molar-refractivity contribution is 6.08. The van der Waals surface area contributed by atoms with Crippen molar-refractivity contribution < 1.29 is 28.7 Å². The molecule has 18 heavy (non-hydrogen) atoms. The van der Waals surface area contributed by atoms with Gasteiger partial charge in [-0.3, -0.25) is 19.7 Å². The van der Waals surface area contributed by atoms with Gasteiger partial charge in [-0.1, -0.05) is 0 Å². The Labute approximate surface area is 100 Å². The molecule has 1 saturated heterocycles. The van der Waals surface area contributed by atoms with Crippen molar-refractivity contribution in [3.05, 3.63) is 23.7 Å². The standard InChI is InChI=1S/C10H8N2O6/c13-6-3-12(4-7(14)11-6)9(15)8-5(10(16)17)1-2-18-8/h1-2H,3-4H2,(H,16,17)(H,11,13,14). The van der Waals surface area contributed by atoms with Gasteiger partial charge in [0.15, 0.2) is 0 Å². The smallest absolute Gasteiger partial charge is 0.339 e. The molecule has 0 radical (unpaired) electrons. The largest absolute Gasteiger partial charge is 0.478 e. The van der Waals surface area contributed by atoms with Gasteiger partial charge in [0, 0.05) is 0 Å². The van der Waals surface area contributed by atoms with Crippen molar-refractivity contribution in [1.29, 1.82) is 0 Å². The third kappa shape index (κ3) is 2.08. The lowest BCUT2D eigenvalue weighted by molar-refractivity contribution is -0.135. The van der Waals surface area contributed by atoms with Crippen LogP contribution in [0.2, 0.25) is 0 Å². The van der Waals surface area contributed by atoms with E-state index in [1.807, 2.05) is 5.32 Å². The van der Waals surface area contributed by atoms with E-state index in [0.29, 0.717) is 0 Å². The quantitative estimate of drug-likeness (QED) is 0.657. The summed E-state index contributed by atoms with van der Waals surface area (Å²) in [5.74, 6) is -3.77. The normalized spacial score (nSPS) is 15.4. The van der Waals surface area contributed by atoms with Crippen molar-refractivity contribution in [2.45, 2.75) is 0 Å². The maximum Gasteiger partial charge on any atom is 0.339 e. The van der Waals surface area contributed by atoms with Gasteiger partial charge in [-0.15, -0.1) is 0 Å². The SMILES string of the molecule is O=C1CN(C(=O)c2occc2C(=O)O)CC(=O)N1. The third-order valence-corrected chi connectivity index (χ3v) is 2.32. The molecule has 0 saturated carbocycles. The lowest BCUT2D eigenvalue weighted by Crippen LogP contribution is -2.53. The second-order valence-electron chi connectivity index (χ2n) is 3.60. The number of hydrogen-bond acceptors (Lipinski definition) is 5. The minimum Gasteiger partial charge on any atom is -0.478 e. The van der Waals surface area contributed by atoms with Gasteiger partial charge in [0.05, 0.1) is 6.26 Å². The summed E-state index contributed by atoms with van der Waals surface area (Å²) in [5.41, 5.74) is -0.307. The summed E-state index contributed by atoms with van der Waals surface area (Å²) in [4.78, 5) is 45.9. The van der Waals surface area contributed by atoms with Gasteiger partial charge in [-0.25, -0.2) is 4.79 Å². The molecule has 0 bridgehead atoms. The Hall–Kier alpha value is -2.64. The van der Waals surface area contributed by atoms with Crippen LogP contribution in [0.25, 0.3) is 0 Å². The summed E-state index contributed by atoms with van der Waals surface area (Å²) in [6.07, 6.45) is 1.06. The average Bonchev–Trinajstić information content (AvgIpc) is 2.75. The third-order valence-electron chi connectivity index (χ3n) is 2.32. The number of rotatable bonds is 2. The predicted octanol–water partition coefficient (Wildman–Crippen LogP) is -0.924. The summed E-state index contributed by atoms with van der Waals surface area (Å²) in [7, 11) is 0. The first-order valence-corrected chi connectivity index (χ1v) is 4.92. The number of piperazine rings is 1. The maximum atomic E-state index is 11.9. The molecule has 3 amide bonds. The monoisotopic (exact) mass is 252 g/mol. The minimum absolute atomic E-state index is 0.307. The van der Waals surface area contributed by atoms with E-state index in [1.165, 1.54) is 0 Å². The van der Waals surface area contributed by atoms with Gasteiger partial charge in [-0.05, 0) is 6.07 Å². The fourth-order valence-electron chi connectivity index (χ4n) is 1.57. The number of carboxylic acid groups (broad SMARTS) is 1. The Morgan fingerprint density at radius 1 is 1.28 bits per heavy atom. The van der Waals surface area contributed by atoms with E-state index in [1.54, 1.807) is 0 Å². The minimum atomic E-state index is -1.32. The van der Waals surface area contributed by atoms with E-state index in [9.17, 15) is 19.2 Å². The number of carboxylic acids is 1. The zero-order chi connectivity index (χ0) is 13.3. The van der Waals surface area contributed by atoms with Gasteiger partial charge >= 0.3 is 5.97 Å². The van der Waals surface area contributed by atoms with Gasteiger partial charge in [0.25, 0.3) is 5.91 Å². The summed E-state index contributed by atoms with van der Waals surface area (Å²) < 4.78 is 4.80. The molecule has 94 valence electrons. The molecule has 0 aromatic carbocycles. The Bertz CT molecular complexity index is 530. The van der Waals surface area contributed by atoms with E-state index >= 15 is 0 Å². The molecule has 1 aromatic heterocycles. The predicted molar refractivity (Wildman–Crippen MR) is 54.7 cm³/mol. The number of carbonyl (C=O) groups is 4. The Morgan fingerprint density at radius 3 is 2.44 bits per heavy atom. The fraction of sp³-hybridized carbons (Fsp3) is 0.200. The number of amides is 3. The molecule has 2 N–H and O–H groups in total. The molecule has 0 unspecified atom stereocenters. The topological polar surface area (TPSA) is 117 Å². The fourth-order valence-corrected chi connectivity index (χ4v) is 1.57. The van der Waals surface area contributed by atoms with E-state index in [-0.39, 0.29) is 18.7 Å². The van der Waals surface area contributed by atoms with E-state index in [0.717, 1.165) is 17.2 Å². The van der Waals surface area contributed by atoms with E-state index < -0.39 is 29.5 Å². The number of furan rings is 1. The first-order chi connectivity index (χ1) is 8.49. The molecule has 2 rings (SSSR count). The Morgan fingerprint density at radius 2 is 1.89 bits per heavy atom. The highest BCUT2D eigenvalue weighted by atomic mass is 16.4. The summed E-state index contributed by atoms with van der Waals surface area (Å²) >= 11 is 0. The van der Waals surface area contributed by atoms with Gasteiger partial charge in [0.1, 0.15) is 18.7 Å². The molecular weight excluding hydrogens is 244 g/mol. The van der Waals surface area contributed by atoms with Crippen molar-refractivity contribution in [2.24, 2.45) is 0 Å².